The van der Waals surface area contributed by atoms with E-state index in [1.54, 1.807) is 0 Å². The molecular formula is C10H6FNO3S. The molecule has 16 heavy (non-hydrogen) atoms. The monoisotopic (exact) mass is 239 g/mol. The molecule has 4 nitrogen and oxygen atoms in total. The second-order valence-electron chi connectivity index (χ2n) is 3.03. The van der Waals surface area contributed by atoms with Crippen molar-refractivity contribution >= 4 is 18.2 Å². The van der Waals surface area contributed by atoms with Gasteiger partial charge in [0.1, 0.15) is 5.82 Å². The Morgan fingerprint density at radius 2 is 2.00 bits per heavy atom. The van der Waals surface area contributed by atoms with Crippen molar-refractivity contribution in [3.63, 3.8) is 0 Å². The maximum Gasteiger partial charge on any atom is 0.356 e. The van der Waals surface area contributed by atoms with E-state index in [1.165, 1.54) is 24.3 Å². The number of hydrogen-bond donors (Lipinski definition) is 2. The predicted octanol–water partition coefficient (Wildman–Crippen LogP) is 2.84. The SMILES string of the molecule is O=C(O)c1[nH]c(=S)oc1-c1ccc(F)cc1. The maximum atomic E-state index is 12.7. The molecule has 2 aromatic rings. The van der Waals surface area contributed by atoms with Gasteiger partial charge in [0, 0.05) is 5.56 Å². The molecule has 0 saturated carbocycles. The molecule has 0 fully saturated rings. The molecule has 0 radical (unpaired) electrons. The van der Waals surface area contributed by atoms with Crippen LogP contribution in [0, 0.1) is 10.7 Å². The summed E-state index contributed by atoms with van der Waals surface area (Å²) < 4.78 is 17.7. The Morgan fingerprint density at radius 1 is 1.38 bits per heavy atom. The van der Waals surface area contributed by atoms with Crippen molar-refractivity contribution in [2.24, 2.45) is 0 Å². The lowest BCUT2D eigenvalue weighted by Crippen LogP contribution is -1.98. The number of aromatic carboxylic acids is 1. The average molecular weight is 239 g/mol. The first-order valence-electron chi connectivity index (χ1n) is 4.30. The van der Waals surface area contributed by atoms with Gasteiger partial charge < -0.3 is 14.5 Å². The topological polar surface area (TPSA) is 66.2 Å². The lowest BCUT2D eigenvalue weighted by atomic mass is 10.1. The zero-order chi connectivity index (χ0) is 11.7. The van der Waals surface area contributed by atoms with Crippen LogP contribution in [0.25, 0.3) is 11.3 Å². The molecule has 0 amide bonds. The molecule has 6 heteroatoms. The lowest BCUT2D eigenvalue weighted by molar-refractivity contribution is 0.0691. The number of carboxylic acid groups (broad SMARTS) is 1. The highest BCUT2D eigenvalue weighted by atomic mass is 32.1. The van der Waals surface area contributed by atoms with Crippen molar-refractivity contribution in [3.8, 4) is 11.3 Å². The quantitative estimate of drug-likeness (QED) is 0.791. The van der Waals surface area contributed by atoms with Crippen molar-refractivity contribution < 1.29 is 18.7 Å². The zero-order valence-corrected chi connectivity index (χ0v) is 8.68. The number of H-pyrrole nitrogens is 1. The summed E-state index contributed by atoms with van der Waals surface area (Å²) in [5, 5.41) is 8.88. The number of carboxylic acids is 1. The molecule has 0 aliphatic carbocycles. The molecular weight excluding hydrogens is 233 g/mol. The lowest BCUT2D eigenvalue weighted by Gasteiger charge is -1.97. The fraction of sp³-hybridized carbons (Fsp3) is 0. The molecule has 1 aromatic heterocycles. The molecule has 1 aromatic carbocycles. The van der Waals surface area contributed by atoms with Crippen LogP contribution in [0.4, 0.5) is 4.39 Å². The van der Waals surface area contributed by atoms with Crippen LogP contribution in [-0.4, -0.2) is 16.1 Å². The minimum absolute atomic E-state index is 0.0308. The molecule has 0 bridgehead atoms. The van der Waals surface area contributed by atoms with Gasteiger partial charge in [0.15, 0.2) is 11.5 Å². The van der Waals surface area contributed by atoms with Crippen molar-refractivity contribution in [3.05, 3.63) is 40.6 Å². The van der Waals surface area contributed by atoms with Crippen LogP contribution in [0.3, 0.4) is 0 Å². The van der Waals surface area contributed by atoms with E-state index < -0.39 is 11.8 Å². The van der Waals surface area contributed by atoms with Gasteiger partial charge in [0.2, 0.25) is 0 Å². The zero-order valence-electron chi connectivity index (χ0n) is 7.86. The van der Waals surface area contributed by atoms with E-state index in [1.807, 2.05) is 0 Å². The third kappa shape index (κ3) is 1.87. The van der Waals surface area contributed by atoms with E-state index in [9.17, 15) is 9.18 Å². The molecule has 0 saturated heterocycles. The van der Waals surface area contributed by atoms with Gasteiger partial charge in [-0.3, -0.25) is 0 Å². The molecule has 2 rings (SSSR count). The first-order chi connectivity index (χ1) is 7.58. The number of rotatable bonds is 2. The van der Waals surface area contributed by atoms with Gasteiger partial charge >= 0.3 is 5.97 Å². The molecule has 0 aliphatic rings. The Kier molecular flexibility index (Phi) is 2.57. The fourth-order valence-electron chi connectivity index (χ4n) is 1.28. The summed E-state index contributed by atoms with van der Waals surface area (Å²) in [6.07, 6.45) is 0. The van der Waals surface area contributed by atoms with Crippen LogP contribution in [0.2, 0.25) is 0 Å². The van der Waals surface area contributed by atoms with E-state index in [-0.39, 0.29) is 16.3 Å². The molecule has 2 N–H and O–H groups in total. The summed E-state index contributed by atoms with van der Waals surface area (Å²) in [7, 11) is 0. The van der Waals surface area contributed by atoms with E-state index in [4.69, 9.17) is 21.7 Å². The number of nitrogens with one attached hydrogen (secondary N) is 1. The molecule has 0 unspecified atom stereocenters. The van der Waals surface area contributed by atoms with Gasteiger partial charge in [-0.15, -0.1) is 0 Å². The third-order valence-corrected chi connectivity index (χ3v) is 2.15. The Bertz CT molecular complexity index is 585. The Labute approximate surface area is 94.3 Å². The number of aromatic amines is 1. The standard InChI is InChI=1S/C10H6FNO3S/c11-6-3-1-5(2-4-6)8-7(9(13)14)12-10(16)15-8/h1-4H,(H,12,16)(H,13,14). The number of halogens is 1. The minimum Gasteiger partial charge on any atom is -0.476 e. The van der Waals surface area contributed by atoms with Gasteiger partial charge in [0.05, 0.1) is 0 Å². The van der Waals surface area contributed by atoms with Crippen LogP contribution >= 0.6 is 12.2 Å². The van der Waals surface area contributed by atoms with Crippen LogP contribution in [-0.2, 0) is 0 Å². The Morgan fingerprint density at radius 3 is 2.56 bits per heavy atom. The van der Waals surface area contributed by atoms with Gasteiger partial charge in [-0.1, -0.05) is 0 Å². The van der Waals surface area contributed by atoms with E-state index in [0.29, 0.717) is 5.56 Å². The van der Waals surface area contributed by atoms with Crippen molar-refractivity contribution in [1.29, 1.82) is 0 Å². The molecule has 0 atom stereocenters. The summed E-state index contributed by atoms with van der Waals surface area (Å²) in [6, 6.07) is 5.27. The number of oxazole rings is 1. The van der Waals surface area contributed by atoms with Gasteiger partial charge in [-0.25, -0.2) is 9.18 Å². The first-order valence-corrected chi connectivity index (χ1v) is 4.71. The van der Waals surface area contributed by atoms with Crippen LogP contribution < -0.4 is 0 Å². The van der Waals surface area contributed by atoms with Crippen LogP contribution in [0.1, 0.15) is 10.5 Å². The summed E-state index contributed by atoms with van der Waals surface area (Å²) in [6.45, 7) is 0. The molecule has 0 spiro atoms. The van der Waals surface area contributed by atoms with Crippen molar-refractivity contribution in [2.45, 2.75) is 0 Å². The van der Waals surface area contributed by atoms with Crippen LogP contribution in [0.15, 0.2) is 28.7 Å². The van der Waals surface area contributed by atoms with Gasteiger partial charge in [-0.2, -0.15) is 0 Å². The van der Waals surface area contributed by atoms with E-state index in [2.05, 4.69) is 4.98 Å². The number of carbonyl (C=O) groups is 1. The second-order valence-corrected chi connectivity index (χ2v) is 3.40. The smallest absolute Gasteiger partial charge is 0.356 e. The van der Waals surface area contributed by atoms with Crippen LogP contribution in [0.5, 0.6) is 0 Å². The minimum atomic E-state index is -1.18. The predicted molar refractivity (Wildman–Crippen MR) is 56.2 cm³/mol. The third-order valence-electron chi connectivity index (χ3n) is 1.97. The number of hydrogen-bond acceptors (Lipinski definition) is 3. The summed E-state index contributed by atoms with van der Waals surface area (Å²) in [4.78, 5) is 13.2. The van der Waals surface area contributed by atoms with E-state index in [0.717, 1.165) is 0 Å². The van der Waals surface area contributed by atoms with Crippen molar-refractivity contribution in [2.75, 3.05) is 0 Å². The highest BCUT2D eigenvalue weighted by molar-refractivity contribution is 7.71. The van der Waals surface area contributed by atoms with E-state index >= 15 is 0 Å². The normalized spacial score (nSPS) is 10.3. The average Bonchev–Trinajstić information content (AvgIpc) is 2.61. The first kappa shape index (κ1) is 10.6. The molecule has 82 valence electrons. The summed E-state index contributed by atoms with van der Waals surface area (Å²) in [5.41, 5.74) is 0.308. The largest absolute Gasteiger partial charge is 0.476 e. The Hall–Kier alpha value is -1.95. The highest BCUT2D eigenvalue weighted by Gasteiger charge is 2.16. The summed E-state index contributed by atoms with van der Waals surface area (Å²) in [5.74, 6) is -1.49. The van der Waals surface area contributed by atoms with Gasteiger partial charge in [0.25, 0.3) is 4.84 Å². The summed E-state index contributed by atoms with van der Waals surface area (Å²) >= 11 is 4.71. The number of benzene rings is 1. The fourth-order valence-corrected chi connectivity index (χ4v) is 1.47. The highest BCUT2D eigenvalue weighted by Crippen LogP contribution is 2.23. The second kappa shape index (κ2) is 3.90. The maximum absolute atomic E-state index is 12.7. The Balaban J connectivity index is 2.59. The molecule has 1 heterocycles. The number of aromatic nitrogens is 1. The van der Waals surface area contributed by atoms with Crippen molar-refractivity contribution in [1.82, 2.24) is 4.98 Å². The van der Waals surface area contributed by atoms with Gasteiger partial charge in [-0.05, 0) is 36.5 Å². The molecule has 0 aliphatic heterocycles.